The van der Waals surface area contributed by atoms with Crippen LogP contribution >= 0.6 is 0 Å². The summed E-state index contributed by atoms with van der Waals surface area (Å²) in [5.74, 6) is 0.917. The molecule has 0 bridgehead atoms. The summed E-state index contributed by atoms with van der Waals surface area (Å²) in [6.07, 6.45) is 0. The lowest BCUT2D eigenvalue weighted by Gasteiger charge is -2.21. The van der Waals surface area contributed by atoms with E-state index in [-0.39, 0.29) is 0 Å². The number of nitrogens with zero attached hydrogens (tertiary/aromatic N) is 2. The topological polar surface area (TPSA) is 27.1 Å². The second-order valence-corrected chi connectivity index (χ2v) is 7.42. The monoisotopic (exact) mass is 350 g/mol. The van der Waals surface area contributed by atoms with Gasteiger partial charge in [0, 0.05) is 45.9 Å². The fourth-order valence-corrected chi connectivity index (χ4v) is 4.33. The van der Waals surface area contributed by atoms with Crippen LogP contribution in [0.5, 0.6) is 5.75 Å². The second kappa shape index (κ2) is 5.10. The fraction of sp³-hybridized carbons (Fsp3) is 0.125. The smallest absolute Gasteiger partial charge is 0.131 e. The molecule has 0 unspecified atom stereocenters. The molecule has 0 saturated heterocycles. The quantitative estimate of drug-likeness (QED) is 0.356. The Bertz CT molecular complexity index is 1390. The van der Waals surface area contributed by atoms with E-state index in [0.717, 1.165) is 28.1 Å². The van der Waals surface area contributed by atoms with Crippen molar-refractivity contribution in [3.8, 4) is 17.0 Å². The summed E-state index contributed by atoms with van der Waals surface area (Å²) in [6.45, 7) is 2.68. The SMILES string of the molecule is Cc1ccc2nc3c(cc2c1)COc1cc2c(cc1-3)c1ccccc1n2C. The third-order valence-electron chi connectivity index (χ3n) is 5.70. The summed E-state index contributed by atoms with van der Waals surface area (Å²) in [5, 5.41) is 3.68. The molecule has 1 aliphatic rings. The molecular formula is C24H18N2O. The lowest BCUT2D eigenvalue weighted by Crippen LogP contribution is -2.07. The van der Waals surface area contributed by atoms with Crippen molar-refractivity contribution in [1.82, 2.24) is 9.55 Å². The van der Waals surface area contributed by atoms with Crippen LogP contribution in [0.4, 0.5) is 0 Å². The minimum atomic E-state index is 0.564. The van der Waals surface area contributed by atoms with E-state index >= 15 is 0 Å². The Kier molecular flexibility index (Phi) is 2.80. The van der Waals surface area contributed by atoms with Crippen LogP contribution in [0.15, 0.2) is 60.7 Å². The van der Waals surface area contributed by atoms with Crippen molar-refractivity contribution in [3.05, 3.63) is 71.8 Å². The Morgan fingerprint density at radius 2 is 1.81 bits per heavy atom. The normalized spacial score (nSPS) is 13.0. The maximum atomic E-state index is 6.13. The number of hydrogen-bond acceptors (Lipinski definition) is 2. The molecule has 0 fully saturated rings. The number of rotatable bonds is 0. The number of benzene rings is 3. The zero-order valence-corrected chi connectivity index (χ0v) is 15.3. The summed E-state index contributed by atoms with van der Waals surface area (Å²) >= 11 is 0. The molecule has 1 aliphatic heterocycles. The molecule has 3 nitrogen and oxygen atoms in total. The molecule has 3 aromatic carbocycles. The first kappa shape index (κ1) is 14.8. The molecule has 3 heterocycles. The van der Waals surface area contributed by atoms with Gasteiger partial charge in [-0.3, -0.25) is 0 Å². The number of aromatic nitrogens is 2. The first-order valence-corrected chi connectivity index (χ1v) is 9.24. The predicted molar refractivity (Wildman–Crippen MR) is 110 cm³/mol. The number of ether oxygens (including phenoxy) is 1. The van der Waals surface area contributed by atoms with Crippen LogP contribution in [0, 0.1) is 6.92 Å². The Balaban J connectivity index is 1.69. The highest BCUT2D eigenvalue weighted by molar-refractivity contribution is 6.10. The molecule has 2 aromatic heterocycles. The molecule has 6 rings (SSSR count). The number of para-hydroxylation sites is 1. The van der Waals surface area contributed by atoms with E-state index in [1.54, 1.807) is 0 Å². The van der Waals surface area contributed by atoms with Crippen molar-refractivity contribution in [3.63, 3.8) is 0 Å². The molecule has 27 heavy (non-hydrogen) atoms. The maximum Gasteiger partial charge on any atom is 0.131 e. The van der Waals surface area contributed by atoms with Crippen LogP contribution in [0.25, 0.3) is 44.0 Å². The third kappa shape index (κ3) is 2.00. The Labute approximate surface area is 156 Å². The van der Waals surface area contributed by atoms with E-state index in [9.17, 15) is 0 Å². The van der Waals surface area contributed by atoms with E-state index in [1.807, 2.05) is 0 Å². The average molecular weight is 350 g/mol. The number of aryl methyl sites for hydroxylation is 2. The zero-order chi connectivity index (χ0) is 18.1. The minimum Gasteiger partial charge on any atom is -0.488 e. The van der Waals surface area contributed by atoms with Crippen LogP contribution in [0.3, 0.4) is 0 Å². The molecule has 130 valence electrons. The fourth-order valence-electron chi connectivity index (χ4n) is 4.33. The number of fused-ring (bicyclic) bond motifs is 7. The Hall–Kier alpha value is -3.33. The average Bonchev–Trinajstić information content (AvgIpc) is 2.97. The van der Waals surface area contributed by atoms with Gasteiger partial charge in [-0.2, -0.15) is 0 Å². The van der Waals surface area contributed by atoms with Gasteiger partial charge < -0.3 is 9.30 Å². The van der Waals surface area contributed by atoms with Crippen molar-refractivity contribution in [2.45, 2.75) is 13.5 Å². The minimum absolute atomic E-state index is 0.564. The molecule has 0 aliphatic carbocycles. The van der Waals surface area contributed by atoms with E-state index in [0.29, 0.717) is 6.61 Å². The van der Waals surface area contributed by atoms with Crippen LogP contribution in [0.2, 0.25) is 0 Å². The summed E-state index contributed by atoms with van der Waals surface area (Å²) in [7, 11) is 2.11. The summed E-state index contributed by atoms with van der Waals surface area (Å²) in [4.78, 5) is 5.01. The molecule has 0 N–H and O–H groups in total. The largest absolute Gasteiger partial charge is 0.488 e. The van der Waals surface area contributed by atoms with Gasteiger partial charge in [-0.1, -0.05) is 29.8 Å². The van der Waals surface area contributed by atoms with E-state index in [1.165, 1.54) is 32.8 Å². The Morgan fingerprint density at radius 1 is 0.926 bits per heavy atom. The first-order chi connectivity index (χ1) is 13.2. The standard InChI is InChI=1S/C24H18N2O/c1-14-7-8-20-15(9-14)10-16-13-27-23-12-22-18(11-19(23)24(16)25-20)17-5-3-4-6-21(17)26(22)2/h3-12H,13H2,1-2H3. The number of pyridine rings is 1. The molecule has 0 saturated carbocycles. The van der Waals surface area contributed by atoms with Crippen LogP contribution in [0.1, 0.15) is 11.1 Å². The van der Waals surface area contributed by atoms with Gasteiger partial charge in [-0.25, -0.2) is 4.98 Å². The predicted octanol–water partition coefficient (Wildman–Crippen LogP) is 5.75. The van der Waals surface area contributed by atoms with Gasteiger partial charge in [0.05, 0.1) is 16.7 Å². The highest BCUT2D eigenvalue weighted by atomic mass is 16.5. The number of hydrogen-bond donors (Lipinski definition) is 0. The highest BCUT2D eigenvalue weighted by Crippen LogP contribution is 2.42. The van der Waals surface area contributed by atoms with Crippen molar-refractivity contribution in [2.24, 2.45) is 7.05 Å². The molecule has 0 radical (unpaired) electrons. The van der Waals surface area contributed by atoms with Gasteiger partial charge in [0.2, 0.25) is 0 Å². The van der Waals surface area contributed by atoms with Crippen molar-refractivity contribution in [1.29, 1.82) is 0 Å². The molecule has 5 aromatic rings. The molecule has 3 heteroatoms. The van der Waals surface area contributed by atoms with Crippen LogP contribution in [-0.4, -0.2) is 9.55 Å². The molecule has 0 amide bonds. The van der Waals surface area contributed by atoms with Gasteiger partial charge in [-0.15, -0.1) is 0 Å². The van der Waals surface area contributed by atoms with Crippen molar-refractivity contribution < 1.29 is 4.74 Å². The van der Waals surface area contributed by atoms with Gasteiger partial charge in [-0.05, 0) is 37.3 Å². The highest BCUT2D eigenvalue weighted by Gasteiger charge is 2.22. The Morgan fingerprint density at radius 3 is 2.74 bits per heavy atom. The maximum absolute atomic E-state index is 6.13. The molecular weight excluding hydrogens is 332 g/mol. The summed E-state index contributed by atoms with van der Waals surface area (Å²) in [6, 6.07) is 21.6. The first-order valence-electron chi connectivity index (χ1n) is 9.24. The lowest BCUT2D eigenvalue weighted by molar-refractivity contribution is 0.302. The molecule has 0 spiro atoms. The third-order valence-corrected chi connectivity index (χ3v) is 5.70. The van der Waals surface area contributed by atoms with Crippen LogP contribution < -0.4 is 4.74 Å². The van der Waals surface area contributed by atoms with Gasteiger partial charge in [0.25, 0.3) is 0 Å². The molecule has 0 atom stereocenters. The lowest BCUT2D eigenvalue weighted by atomic mass is 9.98. The summed E-state index contributed by atoms with van der Waals surface area (Å²) < 4.78 is 8.37. The van der Waals surface area contributed by atoms with Crippen molar-refractivity contribution in [2.75, 3.05) is 0 Å². The van der Waals surface area contributed by atoms with E-state index in [2.05, 4.69) is 79.2 Å². The zero-order valence-electron chi connectivity index (χ0n) is 15.3. The van der Waals surface area contributed by atoms with Gasteiger partial charge >= 0.3 is 0 Å². The van der Waals surface area contributed by atoms with E-state index < -0.39 is 0 Å². The van der Waals surface area contributed by atoms with E-state index in [4.69, 9.17) is 9.72 Å². The van der Waals surface area contributed by atoms with Crippen molar-refractivity contribution >= 4 is 32.7 Å². The second-order valence-electron chi connectivity index (χ2n) is 7.42. The summed E-state index contributed by atoms with van der Waals surface area (Å²) in [5.41, 5.74) is 7.99. The van der Waals surface area contributed by atoms with Gasteiger partial charge in [0.15, 0.2) is 0 Å². The van der Waals surface area contributed by atoms with Gasteiger partial charge in [0.1, 0.15) is 12.4 Å². The van der Waals surface area contributed by atoms with Crippen LogP contribution in [-0.2, 0) is 13.7 Å².